The Morgan fingerprint density at radius 2 is 1.74 bits per heavy atom. The summed E-state index contributed by atoms with van der Waals surface area (Å²) in [7, 11) is 0. The van der Waals surface area contributed by atoms with Gasteiger partial charge in [0.2, 0.25) is 0 Å². The summed E-state index contributed by atoms with van der Waals surface area (Å²) in [4.78, 5) is 20.2. The van der Waals surface area contributed by atoms with Crippen LogP contribution in [0.1, 0.15) is 21.6 Å². The average molecular weight is 372 g/mol. The summed E-state index contributed by atoms with van der Waals surface area (Å²) >= 11 is 0. The van der Waals surface area contributed by atoms with Crippen LogP contribution in [0.5, 0.6) is 0 Å². The van der Waals surface area contributed by atoms with Gasteiger partial charge in [-0.25, -0.2) is 0 Å². The molecule has 0 fully saturated rings. The Morgan fingerprint density at radius 3 is 2.48 bits per heavy atom. The predicted molar refractivity (Wildman–Crippen MR) is 95.2 cm³/mol. The van der Waals surface area contributed by atoms with Crippen LogP contribution < -0.4 is 10.6 Å². The lowest BCUT2D eigenvalue weighted by Gasteiger charge is -2.13. The lowest BCUT2D eigenvalue weighted by atomic mass is 10.1. The van der Waals surface area contributed by atoms with Crippen molar-refractivity contribution in [2.75, 3.05) is 10.6 Å². The number of alkyl halides is 3. The summed E-state index contributed by atoms with van der Waals surface area (Å²) in [6, 6.07) is 11.6. The molecule has 8 heteroatoms. The van der Waals surface area contributed by atoms with Gasteiger partial charge < -0.3 is 10.6 Å². The SMILES string of the molecule is O=C(Nc1ccccc1C(F)(F)F)c1cc(NCc2ccncc2)ccn1. The van der Waals surface area contributed by atoms with Crippen LogP contribution >= 0.6 is 0 Å². The first-order chi connectivity index (χ1) is 12.9. The largest absolute Gasteiger partial charge is 0.418 e. The zero-order chi connectivity index (χ0) is 19.3. The molecule has 27 heavy (non-hydrogen) atoms. The van der Waals surface area contributed by atoms with E-state index in [1.165, 1.54) is 30.5 Å². The first-order valence-electron chi connectivity index (χ1n) is 8.00. The number of carbonyl (C=O) groups excluding carboxylic acids is 1. The van der Waals surface area contributed by atoms with Crippen molar-refractivity contribution >= 4 is 17.3 Å². The van der Waals surface area contributed by atoms with Crippen LogP contribution in [0.3, 0.4) is 0 Å². The third-order valence-electron chi connectivity index (χ3n) is 3.72. The van der Waals surface area contributed by atoms with E-state index in [1.807, 2.05) is 12.1 Å². The van der Waals surface area contributed by atoms with Gasteiger partial charge in [0.15, 0.2) is 0 Å². The smallest absolute Gasteiger partial charge is 0.381 e. The number of hydrogen-bond acceptors (Lipinski definition) is 4. The van der Waals surface area contributed by atoms with E-state index in [0.29, 0.717) is 12.2 Å². The number of halogens is 3. The van der Waals surface area contributed by atoms with E-state index in [2.05, 4.69) is 20.6 Å². The molecule has 0 aliphatic heterocycles. The summed E-state index contributed by atoms with van der Waals surface area (Å²) < 4.78 is 39.1. The molecule has 2 N–H and O–H groups in total. The molecule has 0 unspecified atom stereocenters. The molecule has 0 saturated carbocycles. The maximum absolute atomic E-state index is 13.0. The number of nitrogens with one attached hydrogen (secondary N) is 2. The van der Waals surface area contributed by atoms with Crippen LogP contribution in [0.15, 0.2) is 67.1 Å². The number of aromatic nitrogens is 2. The second kappa shape index (κ2) is 7.86. The lowest BCUT2D eigenvalue weighted by Crippen LogP contribution is -2.17. The van der Waals surface area contributed by atoms with Crippen molar-refractivity contribution in [3.63, 3.8) is 0 Å². The second-order valence-corrected chi connectivity index (χ2v) is 5.64. The van der Waals surface area contributed by atoms with Crippen LogP contribution in [0.2, 0.25) is 0 Å². The van der Waals surface area contributed by atoms with Crippen molar-refractivity contribution in [3.8, 4) is 0 Å². The highest BCUT2D eigenvalue weighted by molar-refractivity contribution is 6.03. The third-order valence-corrected chi connectivity index (χ3v) is 3.72. The van der Waals surface area contributed by atoms with Gasteiger partial charge in [0.1, 0.15) is 5.69 Å². The Morgan fingerprint density at radius 1 is 1.00 bits per heavy atom. The normalized spacial score (nSPS) is 11.1. The predicted octanol–water partition coefficient (Wildman–Crippen LogP) is 4.36. The minimum absolute atomic E-state index is 0.00621. The molecule has 1 amide bonds. The molecule has 0 radical (unpaired) electrons. The molecule has 1 aromatic carbocycles. The molecule has 0 atom stereocenters. The van der Waals surface area contributed by atoms with E-state index in [0.717, 1.165) is 11.6 Å². The highest BCUT2D eigenvalue weighted by Gasteiger charge is 2.33. The number of para-hydroxylation sites is 1. The summed E-state index contributed by atoms with van der Waals surface area (Å²) in [6.07, 6.45) is 0.186. The summed E-state index contributed by atoms with van der Waals surface area (Å²) in [6.45, 7) is 0.504. The molecule has 2 aromatic heterocycles. The minimum atomic E-state index is -4.56. The molecule has 3 rings (SSSR count). The van der Waals surface area contributed by atoms with Gasteiger partial charge in [-0.1, -0.05) is 12.1 Å². The maximum atomic E-state index is 13.0. The van der Waals surface area contributed by atoms with Gasteiger partial charge in [0, 0.05) is 30.8 Å². The van der Waals surface area contributed by atoms with E-state index in [4.69, 9.17) is 0 Å². The van der Waals surface area contributed by atoms with Crippen molar-refractivity contribution in [1.82, 2.24) is 9.97 Å². The van der Waals surface area contributed by atoms with E-state index in [9.17, 15) is 18.0 Å². The number of pyridine rings is 2. The zero-order valence-corrected chi connectivity index (χ0v) is 14.0. The van der Waals surface area contributed by atoms with Crippen LogP contribution in [-0.4, -0.2) is 15.9 Å². The van der Waals surface area contributed by atoms with Crippen molar-refractivity contribution in [3.05, 3.63) is 83.9 Å². The van der Waals surface area contributed by atoms with Gasteiger partial charge in [-0.15, -0.1) is 0 Å². The first kappa shape index (κ1) is 18.4. The minimum Gasteiger partial charge on any atom is -0.381 e. The van der Waals surface area contributed by atoms with Crippen molar-refractivity contribution in [2.45, 2.75) is 12.7 Å². The summed E-state index contributed by atoms with van der Waals surface area (Å²) in [5, 5.41) is 5.40. The molecule has 0 aliphatic rings. The molecular weight excluding hydrogens is 357 g/mol. The Kier molecular flexibility index (Phi) is 5.35. The monoisotopic (exact) mass is 372 g/mol. The van der Waals surface area contributed by atoms with Crippen LogP contribution in [0.4, 0.5) is 24.5 Å². The first-order valence-corrected chi connectivity index (χ1v) is 8.00. The highest BCUT2D eigenvalue weighted by atomic mass is 19.4. The van der Waals surface area contributed by atoms with Gasteiger partial charge >= 0.3 is 6.18 Å². The lowest BCUT2D eigenvalue weighted by molar-refractivity contribution is -0.136. The molecule has 5 nitrogen and oxygen atoms in total. The van der Waals surface area contributed by atoms with Gasteiger partial charge in [-0.05, 0) is 42.0 Å². The molecule has 2 heterocycles. The summed E-state index contributed by atoms with van der Waals surface area (Å²) in [5.41, 5.74) is 0.395. The van der Waals surface area contributed by atoms with E-state index in [-0.39, 0.29) is 11.4 Å². The topological polar surface area (TPSA) is 66.9 Å². The van der Waals surface area contributed by atoms with Gasteiger partial charge in [-0.3, -0.25) is 14.8 Å². The number of rotatable bonds is 5. The zero-order valence-electron chi connectivity index (χ0n) is 14.0. The molecule has 0 saturated heterocycles. The fraction of sp³-hybridized carbons (Fsp3) is 0.105. The molecular formula is C19H15F3N4O. The number of anilines is 2. The van der Waals surface area contributed by atoms with E-state index < -0.39 is 17.6 Å². The van der Waals surface area contributed by atoms with Crippen LogP contribution in [-0.2, 0) is 12.7 Å². The Balaban J connectivity index is 1.73. The van der Waals surface area contributed by atoms with Crippen molar-refractivity contribution in [2.24, 2.45) is 0 Å². The van der Waals surface area contributed by atoms with Crippen LogP contribution in [0, 0.1) is 0 Å². The van der Waals surface area contributed by atoms with Crippen molar-refractivity contribution in [1.29, 1.82) is 0 Å². The molecule has 3 aromatic rings. The number of hydrogen-bond donors (Lipinski definition) is 2. The van der Waals surface area contributed by atoms with Gasteiger partial charge in [0.05, 0.1) is 11.3 Å². The molecule has 138 valence electrons. The highest BCUT2D eigenvalue weighted by Crippen LogP contribution is 2.34. The third kappa shape index (κ3) is 4.81. The Bertz CT molecular complexity index is 929. The number of nitrogens with zero attached hydrogens (tertiary/aromatic N) is 2. The standard InChI is InChI=1S/C19H15F3N4O/c20-19(21,22)15-3-1-2-4-16(15)26-18(27)17-11-14(7-10-24-17)25-12-13-5-8-23-9-6-13/h1-11H,12H2,(H,24,25)(H,26,27). The number of carbonyl (C=O) groups is 1. The average Bonchev–Trinajstić information content (AvgIpc) is 2.67. The Hall–Kier alpha value is -3.42. The quantitative estimate of drug-likeness (QED) is 0.698. The number of amides is 1. The fourth-order valence-electron chi connectivity index (χ4n) is 2.40. The van der Waals surface area contributed by atoms with E-state index >= 15 is 0 Å². The van der Waals surface area contributed by atoms with Crippen LogP contribution in [0.25, 0.3) is 0 Å². The maximum Gasteiger partial charge on any atom is 0.418 e. The van der Waals surface area contributed by atoms with Gasteiger partial charge in [-0.2, -0.15) is 13.2 Å². The second-order valence-electron chi connectivity index (χ2n) is 5.64. The molecule has 0 bridgehead atoms. The Labute approximate surface area is 153 Å². The fourth-order valence-corrected chi connectivity index (χ4v) is 2.40. The van der Waals surface area contributed by atoms with Crippen molar-refractivity contribution < 1.29 is 18.0 Å². The summed E-state index contributed by atoms with van der Waals surface area (Å²) in [5.74, 6) is -0.723. The van der Waals surface area contributed by atoms with Gasteiger partial charge in [0.25, 0.3) is 5.91 Å². The van der Waals surface area contributed by atoms with E-state index in [1.54, 1.807) is 18.5 Å². The molecule has 0 spiro atoms. The molecule has 0 aliphatic carbocycles. The number of benzene rings is 1.